The zero-order valence-electron chi connectivity index (χ0n) is 7.94. The number of aromatic nitrogens is 3. The van der Waals surface area contributed by atoms with Crippen molar-refractivity contribution in [2.75, 3.05) is 7.05 Å². The summed E-state index contributed by atoms with van der Waals surface area (Å²) in [4.78, 5) is 4.11. The van der Waals surface area contributed by atoms with Gasteiger partial charge in [0.25, 0.3) is 5.89 Å². The molecule has 0 fully saturated rings. The van der Waals surface area contributed by atoms with Gasteiger partial charge in [-0.25, -0.2) is 0 Å². The molecular formula is C8H10N4O2. The smallest absolute Gasteiger partial charge is 0.296 e. The Morgan fingerprint density at radius 3 is 2.86 bits per heavy atom. The topological polar surface area (TPSA) is 77.0 Å². The molecule has 74 valence electrons. The molecule has 2 heterocycles. The van der Waals surface area contributed by atoms with Crippen molar-refractivity contribution in [3.05, 3.63) is 17.6 Å². The van der Waals surface area contributed by atoms with Crippen LogP contribution in [0.25, 0.3) is 11.7 Å². The van der Waals surface area contributed by atoms with Gasteiger partial charge in [-0.15, -0.1) is 0 Å². The molecule has 0 aromatic carbocycles. The molecule has 2 rings (SSSR count). The van der Waals surface area contributed by atoms with E-state index in [1.807, 2.05) is 14.0 Å². The largest absolute Gasteiger partial charge is 0.351 e. The van der Waals surface area contributed by atoms with Gasteiger partial charge in [-0.1, -0.05) is 10.3 Å². The molecule has 1 N–H and O–H groups in total. The maximum Gasteiger partial charge on any atom is 0.296 e. The summed E-state index contributed by atoms with van der Waals surface area (Å²) in [7, 11) is 1.81. The first-order chi connectivity index (χ1) is 6.79. The average molecular weight is 194 g/mol. The lowest BCUT2D eigenvalue weighted by Gasteiger charge is -1.86. The van der Waals surface area contributed by atoms with E-state index in [1.165, 1.54) is 0 Å². The van der Waals surface area contributed by atoms with E-state index < -0.39 is 0 Å². The summed E-state index contributed by atoms with van der Waals surface area (Å²) in [6.45, 7) is 2.40. The zero-order chi connectivity index (χ0) is 9.97. The van der Waals surface area contributed by atoms with Gasteiger partial charge in [0.1, 0.15) is 0 Å². The standard InChI is InChI=1S/C8H10N4O2/c1-5-3-6(13-11-5)8-10-7(4-9-2)12-14-8/h3,9H,4H2,1-2H3. The molecule has 0 aliphatic rings. The predicted octanol–water partition coefficient (Wildman–Crippen LogP) is 0.752. The van der Waals surface area contributed by atoms with Gasteiger partial charge in [-0.05, 0) is 14.0 Å². The highest BCUT2D eigenvalue weighted by atomic mass is 16.5. The van der Waals surface area contributed by atoms with Crippen molar-refractivity contribution in [2.45, 2.75) is 13.5 Å². The molecule has 0 aliphatic heterocycles. The monoisotopic (exact) mass is 194 g/mol. The van der Waals surface area contributed by atoms with Crippen LogP contribution in [0.15, 0.2) is 15.1 Å². The minimum atomic E-state index is 0.357. The Morgan fingerprint density at radius 1 is 1.36 bits per heavy atom. The summed E-state index contributed by atoms with van der Waals surface area (Å²) in [6.07, 6.45) is 0. The highest BCUT2D eigenvalue weighted by Gasteiger charge is 2.12. The summed E-state index contributed by atoms with van der Waals surface area (Å²) in [5.41, 5.74) is 0.786. The second-order valence-corrected chi connectivity index (χ2v) is 2.88. The van der Waals surface area contributed by atoms with Crippen molar-refractivity contribution in [3.63, 3.8) is 0 Å². The van der Waals surface area contributed by atoms with Crippen LogP contribution < -0.4 is 5.32 Å². The first-order valence-corrected chi connectivity index (χ1v) is 4.20. The molecule has 14 heavy (non-hydrogen) atoms. The first-order valence-electron chi connectivity index (χ1n) is 4.20. The number of aryl methyl sites for hydroxylation is 1. The second kappa shape index (κ2) is 3.59. The summed E-state index contributed by atoms with van der Waals surface area (Å²) in [5, 5.41) is 10.4. The average Bonchev–Trinajstić information content (AvgIpc) is 2.74. The van der Waals surface area contributed by atoms with Crippen LogP contribution in [-0.2, 0) is 6.54 Å². The van der Waals surface area contributed by atoms with Crippen molar-refractivity contribution >= 4 is 0 Å². The highest BCUT2D eigenvalue weighted by molar-refractivity contribution is 5.43. The molecule has 6 nitrogen and oxygen atoms in total. The van der Waals surface area contributed by atoms with E-state index in [0.717, 1.165) is 5.69 Å². The van der Waals surface area contributed by atoms with Gasteiger partial charge in [-0.3, -0.25) is 0 Å². The van der Waals surface area contributed by atoms with Crippen LogP contribution in [0.1, 0.15) is 11.5 Å². The van der Waals surface area contributed by atoms with Gasteiger partial charge in [0.05, 0.1) is 12.2 Å². The van der Waals surface area contributed by atoms with Gasteiger partial charge < -0.3 is 14.4 Å². The van der Waals surface area contributed by atoms with Gasteiger partial charge >= 0.3 is 0 Å². The SMILES string of the molecule is CNCc1noc(-c2cc(C)no2)n1. The maximum absolute atomic E-state index is 4.98. The Hall–Kier alpha value is -1.69. The number of nitrogens with zero attached hydrogens (tertiary/aromatic N) is 3. The normalized spacial score (nSPS) is 10.7. The van der Waals surface area contributed by atoms with Crippen LogP contribution in [0.2, 0.25) is 0 Å². The first kappa shape index (κ1) is 8.89. The van der Waals surface area contributed by atoms with Crippen molar-refractivity contribution < 1.29 is 9.05 Å². The molecule has 0 saturated carbocycles. The van der Waals surface area contributed by atoms with Crippen molar-refractivity contribution in [1.82, 2.24) is 20.6 Å². The molecular weight excluding hydrogens is 184 g/mol. The fraction of sp³-hybridized carbons (Fsp3) is 0.375. The molecule has 0 saturated heterocycles. The zero-order valence-corrected chi connectivity index (χ0v) is 7.94. The molecule has 0 amide bonds. The Morgan fingerprint density at radius 2 is 2.21 bits per heavy atom. The maximum atomic E-state index is 4.98. The van der Waals surface area contributed by atoms with Crippen LogP contribution in [0.5, 0.6) is 0 Å². The van der Waals surface area contributed by atoms with E-state index >= 15 is 0 Å². The fourth-order valence-corrected chi connectivity index (χ4v) is 1.05. The number of hydrogen-bond acceptors (Lipinski definition) is 6. The number of rotatable bonds is 3. The van der Waals surface area contributed by atoms with E-state index in [4.69, 9.17) is 9.05 Å². The molecule has 0 bridgehead atoms. The van der Waals surface area contributed by atoms with E-state index in [0.29, 0.717) is 24.0 Å². The van der Waals surface area contributed by atoms with Crippen molar-refractivity contribution in [1.29, 1.82) is 0 Å². The van der Waals surface area contributed by atoms with Gasteiger partial charge in [0.15, 0.2) is 5.82 Å². The third-order valence-corrected chi connectivity index (χ3v) is 1.64. The van der Waals surface area contributed by atoms with Crippen LogP contribution in [0.3, 0.4) is 0 Å². The van der Waals surface area contributed by atoms with Gasteiger partial charge in [-0.2, -0.15) is 4.98 Å². The predicted molar refractivity (Wildman–Crippen MR) is 47.3 cm³/mol. The summed E-state index contributed by atoms with van der Waals surface area (Å²) in [6, 6.07) is 1.75. The summed E-state index contributed by atoms with van der Waals surface area (Å²) < 4.78 is 9.96. The minimum absolute atomic E-state index is 0.357. The molecule has 0 spiro atoms. The Labute approximate surface area is 80.3 Å². The van der Waals surface area contributed by atoms with Crippen LogP contribution in [0, 0.1) is 6.92 Å². The molecule has 0 radical (unpaired) electrons. The Bertz CT molecular complexity index is 420. The van der Waals surface area contributed by atoms with Crippen LogP contribution in [0.4, 0.5) is 0 Å². The lowest BCUT2D eigenvalue weighted by atomic mass is 10.4. The molecule has 2 aromatic heterocycles. The third kappa shape index (κ3) is 1.64. The molecule has 0 unspecified atom stereocenters. The van der Waals surface area contributed by atoms with Crippen LogP contribution in [-0.4, -0.2) is 22.3 Å². The van der Waals surface area contributed by atoms with E-state index in [-0.39, 0.29) is 0 Å². The van der Waals surface area contributed by atoms with E-state index in [9.17, 15) is 0 Å². The number of nitrogens with one attached hydrogen (secondary N) is 1. The van der Waals surface area contributed by atoms with Crippen molar-refractivity contribution in [2.24, 2.45) is 0 Å². The quantitative estimate of drug-likeness (QED) is 0.776. The summed E-state index contributed by atoms with van der Waals surface area (Å²) >= 11 is 0. The van der Waals surface area contributed by atoms with Gasteiger partial charge in [0.2, 0.25) is 5.76 Å². The van der Waals surface area contributed by atoms with E-state index in [1.54, 1.807) is 6.07 Å². The minimum Gasteiger partial charge on any atom is -0.351 e. The number of hydrogen-bond donors (Lipinski definition) is 1. The highest BCUT2D eigenvalue weighted by Crippen LogP contribution is 2.17. The molecule has 0 atom stereocenters. The van der Waals surface area contributed by atoms with Crippen molar-refractivity contribution in [3.8, 4) is 11.7 Å². The Kier molecular flexibility index (Phi) is 2.28. The van der Waals surface area contributed by atoms with Crippen LogP contribution >= 0.6 is 0 Å². The lowest BCUT2D eigenvalue weighted by molar-refractivity contribution is 0.379. The van der Waals surface area contributed by atoms with E-state index in [2.05, 4.69) is 20.6 Å². The second-order valence-electron chi connectivity index (χ2n) is 2.88. The fourth-order valence-electron chi connectivity index (χ4n) is 1.05. The molecule has 2 aromatic rings. The molecule has 0 aliphatic carbocycles. The Balaban J connectivity index is 2.24. The summed E-state index contributed by atoms with van der Waals surface area (Å²) in [5.74, 6) is 1.45. The third-order valence-electron chi connectivity index (χ3n) is 1.64. The lowest BCUT2D eigenvalue weighted by Crippen LogP contribution is -2.06. The van der Waals surface area contributed by atoms with Gasteiger partial charge in [0, 0.05) is 6.07 Å². The molecule has 6 heteroatoms.